The number of rotatable bonds is 7. The quantitative estimate of drug-likeness (QED) is 0.413. The Hall–Kier alpha value is -3.56. The highest BCUT2D eigenvalue weighted by atomic mass is 16.5. The molecule has 1 saturated heterocycles. The van der Waals surface area contributed by atoms with Crippen molar-refractivity contribution in [2.45, 2.75) is 20.4 Å². The predicted octanol–water partition coefficient (Wildman–Crippen LogP) is 2.88. The predicted molar refractivity (Wildman–Crippen MR) is 117 cm³/mol. The first-order valence-corrected chi connectivity index (χ1v) is 9.56. The van der Waals surface area contributed by atoms with E-state index in [9.17, 15) is 14.7 Å². The zero-order chi connectivity index (χ0) is 22.1. The minimum atomic E-state index is -0.951. The number of nitrogens with two attached hydrogens (primary N) is 1. The molecule has 0 radical (unpaired) electrons. The molecule has 1 amide bonds. The lowest BCUT2D eigenvalue weighted by Crippen LogP contribution is -2.33. The Kier molecular flexibility index (Phi) is 8.21. The van der Waals surface area contributed by atoms with Gasteiger partial charge < -0.3 is 20.5 Å². The number of amides is 1. The third-order valence-corrected chi connectivity index (χ3v) is 4.76. The first-order valence-electron chi connectivity index (χ1n) is 9.56. The van der Waals surface area contributed by atoms with Gasteiger partial charge in [-0.25, -0.2) is 4.79 Å². The van der Waals surface area contributed by atoms with Gasteiger partial charge in [0.2, 0.25) is 0 Å². The van der Waals surface area contributed by atoms with E-state index in [1.807, 2.05) is 31.2 Å². The lowest BCUT2D eigenvalue weighted by atomic mass is 9.96. The maximum Gasteiger partial charge on any atom is 0.335 e. The summed E-state index contributed by atoms with van der Waals surface area (Å²) in [5, 5.41) is 9.40. The van der Waals surface area contributed by atoms with Crippen molar-refractivity contribution in [3.63, 3.8) is 0 Å². The molecule has 3 N–H and O–H groups in total. The average molecular weight is 406 g/mol. The van der Waals surface area contributed by atoms with Crippen LogP contribution in [-0.2, 0) is 20.9 Å². The second-order valence-electron chi connectivity index (χ2n) is 6.63. The summed E-state index contributed by atoms with van der Waals surface area (Å²) < 4.78 is 5.53. The minimum Gasteiger partial charge on any atom is -0.478 e. The van der Waals surface area contributed by atoms with Gasteiger partial charge in [-0.15, -0.1) is 6.42 Å². The van der Waals surface area contributed by atoms with Crippen LogP contribution < -0.4 is 5.73 Å². The number of benzene rings is 1. The van der Waals surface area contributed by atoms with Crippen LogP contribution in [0.4, 0.5) is 0 Å². The molecule has 6 heteroatoms. The highest BCUT2D eigenvalue weighted by molar-refractivity contribution is 6.05. The molecule has 156 valence electrons. The summed E-state index contributed by atoms with van der Waals surface area (Å²) in [5.41, 5.74) is 9.12. The zero-order valence-corrected chi connectivity index (χ0v) is 17.2. The number of primary amides is 1. The summed E-state index contributed by atoms with van der Waals surface area (Å²) >= 11 is 0. The van der Waals surface area contributed by atoms with Crippen LogP contribution in [-0.4, -0.2) is 41.6 Å². The highest BCUT2D eigenvalue weighted by Crippen LogP contribution is 2.24. The topological polar surface area (TPSA) is 92.9 Å². The van der Waals surface area contributed by atoms with Crippen molar-refractivity contribution in [3.8, 4) is 12.3 Å². The van der Waals surface area contributed by atoms with Gasteiger partial charge in [-0.2, -0.15) is 0 Å². The van der Waals surface area contributed by atoms with Crippen LogP contribution in [0.25, 0.3) is 5.57 Å². The summed E-state index contributed by atoms with van der Waals surface area (Å²) in [7, 11) is 0. The summed E-state index contributed by atoms with van der Waals surface area (Å²) in [6, 6.07) is 7.80. The van der Waals surface area contributed by atoms with Gasteiger partial charge in [0.15, 0.2) is 0 Å². The van der Waals surface area contributed by atoms with Crippen molar-refractivity contribution in [3.05, 3.63) is 76.5 Å². The number of carbonyl (C=O) groups is 2. The van der Waals surface area contributed by atoms with Gasteiger partial charge >= 0.3 is 5.97 Å². The Morgan fingerprint density at radius 3 is 2.50 bits per heavy atom. The van der Waals surface area contributed by atoms with E-state index >= 15 is 0 Å². The number of carbonyl (C=O) groups excluding carboxylic acids is 1. The van der Waals surface area contributed by atoms with Gasteiger partial charge in [0.05, 0.1) is 24.4 Å². The van der Waals surface area contributed by atoms with Crippen molar-refractivity contribution in [2.75, 3.05) is 19.8 Å². The Morgan fingerprint density at radius 2 is 1.97 bits per heavy atom. The monoisotopic (exact) mass is 406 g/mol. The molecule has 1 aliphatic heterocycles. The van der Waals surface area contributed by atoms with Crippen molar-refractivity contribution in [1.82, 2.24) is 4.90 Å². The van der Waals surface area contributed by atoms with E-state index in [2.05, 4.69) is 10.8 Å². The van der Waals surface area contributed by atoms with Crippen molar-refractivity contribution in [1.29, 1.82) is 0 Å². The van der Waals surface area contributed by atoms with Crippen molar-refractivity contribution in [2.24, 2.45) is 5.73 Å². The first kappa shape index (κ1) is 22.7. The van der Waals surface area contributed by atoms with Gasteiger partial charge in [-0.1, -0.05) is 42.3 Å². The van der Waals surface area contributed by atoms with E-state index in [1.165, 1.54) is 6.08 Å². The smallest absolute Gasteiger partial charge is 0.335 e. The minimum absolute atomic E-state index is 0.106. The molecule has 0 atom stereocenters. The Labute approximate surface area is 177 Å². The number of ether oxygens (including phenoxy) is 1. The van der Waals surface area contributed by atoms with E-state index in [0.717, 1.165) is 16.8 Å². The van der Waals surface area contributed by atoms with E-state index in [4.69, 9.17) is 16.9 Å². The molecule has 2 rings (SSSR count). The largest absolute Gasteiger partial charge is 0.478 e. The number of terminal acetylenes is 1. The molecule has 1 fully saturated rings. The number of hydrogen-bond donors (Lipinski definition) is 2. The molecule has 0 spiro atoms. The summed E-state index contributed by atoms with van der Waals surface area (Å²) in [5.74, 6) is 0.686. The maximum atomic E-state index is 11.5. The van der Waals surface area contributed by atoms with Gasteiger partial charge in [-0.05, 0) is 42.7 Å². The van der Waals surface area contributed by atoms with Gasteiger partial charge in [0.1, 0.15) is 0 Å². The number of hydrogen-bond acceptors (Lipinski definition) is 4. The van der Waals surface area contributed by atoms with Gasteiger partial charge in [-0.3, -0.25) is 4.79 Å². The molecule has 0 saturated carbocycles. The molecule has 1 aromatic carbocycles. The van der Waals surface area contributed by atoms with E-state index in [1.54, 1.807) is 25.2 Å². The number of morpholine rings is 1. The van der Waals surface area contributed by atoms with Crippen molar-refractivity contribution >= 4 is 17.4 Å². The van der Waals surface area contributed by atoms with Crippen LogP contribution in [0.2, 0.25) is 0 Å². The van der Waals surface area contributed by atoms with Crippen LogP contribution in [0.15, 0.2) is 65.4 Å². The van der Waals surface area contributed by atoms with Crippen LogP contribution in [0.3, 0.4) is 0 Å². The molecule has 0 aliphatic carbocycles. The van der Waals surface area contributed by atoms with E-state index in [-0.39, 0.29) is 11.1 Å². The highest BCUT2D eigenvalue weighted by Gasteiger charge is 2.17. The maximum absolute atomic E-state index is 11.5. The van der Waals surface area contributed by atoms with E-state index in [0.29, 0.717) is 31.9 Å². The summed E-state index contributed by atoms with van der Waals surface area (Å²) in [6.45, 7) is 5.90. The second kappa shape index (κ2) is 10.8. The fraction of sp³-hybridized carbons (Fsp3) is 0.250. The Bertz CT molecular complexity index is 960. The lowest BCUT2D eigenvalue weighted by Gasteiger charge is -2.31. The third-order valence-electron chi connectivity index (χ3n) is 4.76. The SMILES string of the molecule is C#C/C(=C\C=C1/COCCN1Cc1ccc(C(=C/C)/C(=C\C)C(=O)O)cc1)C(N)=O. The third kappa shape index (κ3) is 5.72. The number of allylic oxidation sites excluding steroid dienone is 4. The number of carboxylic acid groups (broad SMARTS) is 1. The normalized spacial score (nSPS) is 17.0. The molecule has 1 heterocycles. The van der Waals surface area contributed by atoms with Crippen molar-refractivity contribution < 1.29 is 19.4 Å². The zero-order valence-electron chi connectivity index (χ0n) is 17.2. The molecule has 0 unspecified atom stereocenters. The van der Waals surface area contributed by atoms with E-state index < -0.39 is 11.9 Å². The molecule has 6 nitrogen and oxygen atoms in total. The molecule has 0 bridgehead atoms. The average Bonchev–Trinajstić information content (AvgIpc) is 2.73. The first-order chi connectivity index (χ1) is 14.4. The number of carboxylic acids is 1. The van der Waals surface area contributed by atoms with Crippen LogP contribution in [0.1, 0.15) is 25.0 Å². The fourth-order valence-corrected chi connectivity index (χ4v) is 3.18. The Balaban J connectivity index is 2.22. The molecular weight excluding hydrogens is 380 g/mol. The van der Waals surface area contributed by atoms with Gasteiger partial charge in [0.25, 0.3) is 5.91 Å². The standard InChI is InChI=1S/C24H26N2O4/c1-4-18(23(25)27)11-12-20-16-30-14-13-26(20)15-17-7-9-19(10-8-17)21(5-2)22(6-3)24(28)29/h1,5-12H,13-16H2,2-3H3,(H2,25,27)(H,28,29)/b18-11+,20-12+,21-5-,22-6+. The van der Waals surface area contributed by atoms with Crippen LogP contribution in [0, 0.1) is 12.3 Å². The van der Waals surface area contributed by atoms with Crippen LogP contribution in [0.5, 0.6) is 0 Å². The molecule has 30 heavy (non-hydrogen) atoms. The molecule has 1 aliphatic rings. The molecule has 1 aromatic rings. The summed E-state index contributed by atoms with van der Waals surface area (Å²) in [4.78, 5) is 24.9. The van der Waals surface area contributed by atoms with Crippen LogP contribution >= 0.6 is 0 Å². The number of aliphatic carboxylic acids is 1. The number of nitrogens with zero attached hydrogens (tertiary/aromatic N) is 1. The summed E-state index contributed by atoms with van der Waals surface area (Å²) in [6.07, 6.45) is 12.0. The molecule has 0 aromatic heterocycles. The molecular formula is C24H26N2O4. The van der Waals surface area contributed by atoms with Gasteiger partial charge in [0, 0.05) is 18.8 Å². The fourth-order valence-electron chi connectivity index (χ4n) is 3.18. The lowest BCUT2D eigenvalue weighted by molar-refractivity contribution is -0.132. The Morgan fingerprint density at radius 1 is 1.27 bits per heavy atom. The second-order valence-corrected chi connectivity index (χ2v) is 6.63.